The monoisotopic (exact) mass is 1070 g/mol. The van der Waals surface area contributed by atoms with Gasteiger partial charge in [-0.15, -0.1) is 0 Å². The number of rotatable bonds is 1. The first kappa shape index (κ1) is 49.8. The third-order valence-electron chi connectivity index (χ3n) is 13.6. The van der Waals surface area contributed by atoms with Gasteiger partial charge in [-0.05, 0) is 18.2 Å². The number of aliphatic hydroxyl groups excluding tert-OH is 3. The maximum atomic E-state index is 15.5. The van der Waals surface area contributed by atoms with E-state index >= 15 is 9.59 Å². The number of esters is 5. The molecule has 30 heteroatoms. The van der Waals surface area contributed by atoms with Gasteiger partial charge in [0.25, 0.3) is 0 Å². The summed E-state index contributed by atoms with van der Waals surface area (Å²) in [7, 11) is 0. The molecule has 6 bridgehead atoms. The molecule has 0 radical (unpaired) electrons. The van der Waals surface area contributed by atoms with Gasteiger partial charge in [0.2, 0.25) is 34.5 Å². The highest BCUT2D eigenvalue weighted by Gasteiger charge is 2.65. The third kappa shape index (κ3) is 6.61. The molecule has 0 spiro atoms. The van der Waals surface area contributed by atoms with E-state index < -0.39 is 250 Å². The molecule has 5 aromatic carbocycles. The van der Waals surface area contributed by atoms with Gasteiger partial charge in [0.05, 0.1) is 40.3 Å². The molecule has 1 unspecified atom stereocenters. The molecule has 0 aliphatic carbocycles. The lowest BCUT2D eigenvalue weighted by Crippen LogP contribution is -2.68. The van der Waals surface area contributed by atoms with Crippen LogP contribution in [-0.2, 0) is 28.4 Å². The summed E-state index contributed by atoms with van der Waals surface area (Å²) in [5, 5.41) is 214. The first-order valence-corrected chi connectivity index (χ1v) is 21.5. The Balaban J connectivity index is 1.39. The number of hydrogen-bond acceptors (Lipinski definition) is 30. The Hall–Kier alpha value is -9.75. The van der Waals surface area contributed by atoms with Crippen molar-refractivity contribution < 1.29 is 149 Å². The Kier molecular flexibility index (Phi) is 10.9. The van der Waals surface area contributed by atoms with Crippen molar-refractivity contribution >= 4 is 29.8 Å². The van der Waals surface area contributed by atoms with Crippen molar-refractivity contribution in [2.24, 2.45) is 0 Å². The Morgan fingerprint density at radius 2 is 0.789 bits per heavy atom. The zero-order chi connectivity index (χ0) is 55.4. The summed E-state index contributed by atoms with van der Waals surface area (Å²) in [6.45, 7) is -2.84. The first-order chi connectivity index (χ1) is 35.7. The number of aromatic hydroxyl groups is 15. The first-order valence-electron chi connectivity index (χ1n) is 21.5. The molecule has 6 aliphatic rings. The number of phenolic OH excluding ortho intramolecular Hbond substituents is 15. The highest BCUT2D eigenvalue weighted by molar-refractivity contribution is 6.16. The molecule has 30 nitrogen and oxygen atoms in total. The second-order valence-electron chi connectivity index (χ2n) is 17.6. The number of phenols is 15. The zero-order valence-electron chi connectivity index (χ0n) is 37.3. The number of cyclic esters (lactones) is 1. The molecule has 0 aromatic heterocycles. The number of aliphatic hydroxyl groups is 4. The Morgan fingerprint density at radius 3 is 1.32 bits per heavy atom. The molecule has 11 rings (SSSR count). The fraction of sp³-hybridized carbons (Fsp3) is 0.239. The van der Waals surface area contributed by atoms with Crippen LogP contribution < -0.4 is 0 Å². The minimum Gasteiger partial charge on any atom is -0.504 e. The molecule has 6 aliphatic heterocycles. The summed E-state index contributed by atoms with van der Waals surface area (Å²) in [4.78, 5) is 74.4. The van der Waals surface area contributed by atoms with E-state index in [1.54, 1.807) is 0 Å². The van der Waals surface area contributed by atoms with Crippen LogP contribution >= 0.6 is 0 Å². The lowest BCUT2D eigenvalue weighted by molar-refractivity contribution is -0.341. The third-order valence-corrected chi connectivity index (χ3v) is 13.6. The molecular weight excluding hydrogens is 1030 g/mol. The lowest BCUT2D eigenvalue weighted by atomic mass is 9.71. The van der Waals surface area contributed by atoms with Crippen LogP contribution in [0.3, 0.4) is 0 Å². The van der Waals surface area contributed by atoms with Crippen molar-refractivity contribution in [3.8, 4) is 120 Å². The van der Waals surface area contributed by atoms with Gasteiger partial charge in [0.1, 0.15) is 24.9 Å². The summed E-state index contributed by atoms with van der Waals surface area (Å²) in [5.74, 6) is -40.7. The van der Waals surface area contributed by atoms with Crippen LogP contribution in [0.5, 0.6) is 86.2 Å². The minimum absolute atomic E-state index is 0.271. The highest BCUT2D eigenvalue weighted by atomic mass is 16.7. The summed E-state index contributed by atoms with van der Waals surface area (Å²) < 4.78 is 34.0. The highest BCUT2D eigenvalue weighted by Crippen LogP contribution is 2.63. The van der Waals surface area contributed by atoms with Crippen molar-refractivity contribution in [1.29, 1.82) is 0 Å². The van der Waals surface area contributed by atoms with Gasteiger partial charge in [-0.25, -0.2) is 24.0 Å². The number of carbonyl (C=O) groups is 5. The summed E-state index contributed by atoms with van der Waals surface area (Å²) in [5.41, 5.74) is -16.3. The van der Waals surface area contributed by atoms with Crippen LogP contribution in [0.4, 0.5) is 0 Å². The van der Waals surface area contributed by atoms with E-state index in [0.29, 0.717) is 6.07 Å². The van der Waals surface area contributed by atoms with E-state index in [4.69, 9.17) is 28.4 Å². The molecule has 1 fully saturated rings. The SMILES string of the molecule is O=C1OC[C@H]2OC(=O)c3cc(O)c(O)c(O)c3-c3c(O)c(O)c(O)c4c3C(=O)O[C@@H](C2OC(=O)c2cc(O)c(O)c(O)c2-c2c1cc(O)c(O)c2O)[C@@H]1OC(=O)c2c-4c(O)c(O)c(O)c2[C@H]1[C@]1(O)OC[C@@H](O)[C@@H](O)[C@H]1O. The van der Waals surface area contributed by atoms with Crippen molar-refractivity contribution in [2.75, 3.05) is 13.2 Å². The summed E-state index contributed by atoms with van der Waals surface area (Å²) in [6, 6.07) is 0.916. The predicted octanol–water partition coefficient (Wildman–Crippen LogP) is -0.830. The number of hydrogen-bond donors (Lipinski definition) is 19. The molecule has 0 saturated carbocycles. The number of fused-ring (bicyclic) bond motifs is 7. The quantitative estimate of drug-likeness (QED) is 0.0553. The average molecular weight is 1070 g/mol. The van der Waals surface area contributed by atoms with Crippen LogP contribution in [0.1, 0.15) is 63.3 Å². The van der Waals surface area contributed by atoms with E-state index in [-0.39, 0.29) is 12.1 Å². The Morgan fingerprint density at radius 1 is 0.395 bits per heavy atom. The van der Waals surface area contributed by atoms with E-state index in [9.17, 15) is 111 Å². The maximum absolute atomic E-state index is 15.5. The van der Waals surface area contributed by atoms with Crippen LogP contribution in [0.25, 0.3) is 33.4 Å². The van der Waals surface area contributed by atoms with E-state index in [1.807, 2.05) is 0 Å². The molecule has 9 atom stereocenters. The fourth-order valence-corrected chi connectivity index (χ4v) is 9.99. The largest absolute Gasteiger partial charge is 0.504 e. The fourth-order valence-electron chi connectivity index (χ4n) is 9.99. The van der Waals surface area contributed by atoms with Gasteiger partial charge in [0, 0.05) is 38.9 Å². The Labute approximate surface area is 417 Å². The molecule has 76 heavy (non-hydrogen) atoms. The summed E-state index contributed by atoms with van der Waals surface area (Å²) >= 11 is 0. The van der Waals surface area contributed by atoms with Crippen molar-refractivity contribution in [1.82, 2.24) is 0 Å². The van der Waals surface area contributed by atoms with Crippen LogP contribution in [-0.4, -0.2) is 189 Å². The average Bonchev–Trinajstić information content (AvgIpc) is 3.53. The lowest BCUT2D eigenvalue weighted by Gasteiger charge is -2.51. The van der Waals surface area contributed by atoms with Crippen LogP contribution in [0.2, 0.25) is 0 Å². The van der Waals surface area contributed by atoms with Crippen molar-refractivity contribution in [3.63, 3.8) is 0 Å². The number of carbonyl (C=O) groups excluding carboxylic acids is 5. The van der Waals surface area contributed by atoms with Gasteiger partial charge in [-0.1, -0.05) is 0 Å². The van der Waals surface area contributed by atoms with Gasteiger partial charge in [-0.3, -0.25) is 0 Å². The second-order valence-corrected chi connectivity index (χ2v) is 17.6. The van der Waals surface area contributed by atoms with Gasteiger partial charge >= 0.3 is 29.8 Å². The zero-order valence-corrected chi connectivity index (χ0v) is 37.3. The van der Waals surface area contributed by atoms with Crippen molar-refractivity contribution in [3.05, 3.63) is 51.6 Å². The molecule has 1 saturated heterocycles. The second kappa shape index (κ2) is 16.6. The van der Waals surface area contributed by atoms with Gasteiger partial charge in [0.15, 0.2) is 81.9 Å². The minimum atomic E-state index is -3.72. The number of ether oxygens (including phenoxy) is 6. The van der Waals surface area contributed by atoms with Crippen LogP contribution in [0.15, 0.2) is 18.2 Å². The molecule has 0 amide bonds. The van der Waals surface area contributed by atoms with E-state index in [0.717, 1.165) is 0 Å². The van der Waals surface area contributed by atoms with Gasteiger partial charge in [-0.2, -0.15) is 0 Å². The molecule has 5 aromatic rings. The Bertz CT molecular complexity index is 3510. The molecule has 398 valence electrons. The topological polar surface area (TPSA) is 525 Å². The van der Waals surface area contributed by atoms with E-state index in [2.05, 4.69) is 0 Å². The standard InChI is InChI=1S/C46H34O30/c47-9-1-6-14(28(55)24(9)51)15-7(2-10(48)25(52)29(15)56)43(67)74-37-13(5-71-41(6)65)73-42(66)8-3-11(49)26(53)30(57)16(8)17-20-18(32(59)35(62)31(17)58)19-21-22(34(61)36(63)33(19)60)23(38(75-45(21)69)39(37)76-44(20)68)46(70)40(64)27(54)12(50)4-72-46/h1-3,12-13,23,27,37-40,47-64,70H,4-5H2/t12-,13-,23-,27-,37?,38-,39+,40-,46+/m1/s1. The molecule has 19 N–H and O–H groups in total. The van der Waals surface area contributed by atoms with Gasteiger partial charge < -0.3 is 125 Å². The molecular formula is C46H34O30. The predicted molar refractivity (Wildman–Crippen MR) is 233 cm³/mol. The van der Waals surface area contributed by atoms with E-state index in [1.165, 1.54) is 0 Å². The maximum Gasteiger partial charge on any atom is 0.340 e. The number of benzene rings is 5. The summed E-state index contributed by atoms with van der Waals surface area (Å²) in [6.07, 6.45) is -19.3. The van der Waals surface area contributed by atoms with Crippen LogP contribution in [0, 0.1) is 0 Å². The molecule has 6 heterocycles. The normalized spacial score (nSPS) is 25.7. The smallest absolute Gasteiger partial charge is 0.340 e. The van der Waals surface area contributed by atoms with Crippen molar-refractivity contribution in [2.45, 2.75) is 54.4 Å².